The van der Waals surface area contributed by atoms with Crippen LogP contribution in [-0.2, 0) is 0 Å². The van der Waals surface area contributed by atoms with Crippen LogP contribution in [0.2, 0.25) is 0 Å². The van der Waals surface area contributed by atoms with Gasteiger partial charge < -0.3 is 0 Å². The largest absolute Gasteiger partial charge is 0.762 e. The molecule has 1 unspecified atom stereocenters. The van der Waals surface area contributed by atoms with E-state index in [1.807, 2.05) is 0 Å². The molecule has 1 aromatic rings. The molecule has 1 atom stereocenters. The van der Waals surface area contributed by atoms with Crippen molar-refractivity contribution in [1.29, 1.82) is 0 Å². The third-order valence-corrected chi connectivity index (χ3v) is 8.49. The van der Waals surface area contributed by atoms with Crippen LogP contribution in [0.5, 0.6) is 0 Å². The summed E-state index contributed by atoms with van der Waals surface area (Å²) in [7, 11) is -3.75. The predicted octanol–water partition coefficient (Wildman–Crippen LogP) is 7.02. The van der Waals surface area contributed by atoms with Gasteiger partial charge in [0, 0.05) is 5.92 Å². The summed E-state index contributed by atoms with van der Waals surface area (Å²) in [5.41, 5.74) is 10.8. The molecule has 0 N–H and O–H groups in total. The van der Waals surface area contributed by atoms with Gasteiger partial charge in [0.15, 0.2) is 0 Å². The predicted molar refractivity (Wildman–Crippen MR) is 109 cm³/mol. The highest BCUT2D eigenvalue weighted by Gasteiger charge is 2.30. The Hall–Kier alpha value is -0.755. The van der Waals surface area contributed by atoms with Crippen molar-refractivity contribution < 1.29 is 12.9 Å². The van der Waals surface area contributed by atoms with Crippen LogP contribution in [-0.4, -0.2) is 18.9 Å². The van der Waals surface area contributed by atoms with Crippen LogP contribution in [0.4, 0.5) is 12.9 Å². The lowest BCUT2D eigenvalue weighted by molar-refractivity contribution is 0.535. The standard InChI is InChI=1S/C20H31P.BF3/c1-11(2)21(12(3)4)18-10-13(5)19-15(7)14(6)16(8)20(19)17(18)9;2-1(3)4/h10-12,15H,1-9H3;. The summed E-state index contributed by atoms with van der Waals surface area (Å²) in [6.07, 6.45) is 0. The molecule has 1 aromatic carbocycles. The number of fused-ring (bicyclic) bond motifs is 1. The van der Waals surface area contributed by atoms with Crippen LogP contribution in [0.3, 0.4) is 0 Å². The van der Waals surface area contributed by atoms with Crippen molar-refractivity contribution in [1.82, 2.24) is 0 Å². The molecule has 25 heavy (non-hydrogen) atoms. The quantitative estimate of drug-likeness (QED) is 0.396. The second kappa shape index (κ2) is 8.76. The van der Waals surface area contributed by atoms with Gasteiger partial charge in [-0.05, 0) is 72.1 Å². The highest BCUT2D eigenvalue weighted by molar-refractivity contribution is 7.67. The van der Waals surface area contributed by atoms with Crippen molar-refractivity contribution in [2.45, 2.75) is 79.5 Å². The second-order valence-corrected chi connectivity index (χ2v) is 10.9. The van der Waals surface area contributed by atoms with E-state index in [1.54, 1.807) is 27.6 Å². The second-order valence-electron chi connectivity index (χ2n) is 7.50. The molecular formula is C20H31BF3P. The molecule has 0 spiro atoms. The molecule has 0 radical (unpaired) electrons. The first-order valence-electron chi connectivity index (χ1n) is 8.94. The average Bonchev–Trinajstić information content (AvgIpc) is 2.68. The summed E-state index contributed by atoms with van der Waals surface area (Å²) >= 11 is 0. The zero-order chi connectivity index (χ0) is 19.6. The van der Waals surface area contributed by atoms with Gasteiger partial charge in [0.25, 0.3) is 0 Å². The number of hydrogen-bond acceptors (Lipinski definition) is 0. The monoisotopic (exact) mass is 370 g/mol. The van der Waals surface area contributed by atoms with E-state index in [2.05, 4.69) is 68.4 Å². The van der Waals surface area contributed by atoms with Crippen molar-refractivity contribution in [3.63, 3.8) is 0 Å². The SMILES string of the molecule is CC1=C(C)C(C)c2c(C)cc(P(C(C)C)C(C)C)c(C)c21.FB(F)F. The van der Waals surface area contributed by atoms with Gasteiger partial charge in [-0.1, -0.05) is 54.2 Å². The first kappa shape index (κ1) is 22.3. The van der Waals surface area contributed by atoms with Crippen LogP contribution in [0.1, 0.15) is 76.6 Å². The van der Waals surface area contributed by atoms with Crippen molar-refractivity contribution in [2.75, 3.05) is 0 Å². The molecule has 0 bridgehead atoms. The van der Waals surface area contributed by atoms with E-state index in [1.165, 1.54) is 11.1 Å². The van der Waals surface area contributed by atoms with E-state index < -0.39 is 7.54 Å². The van der Waals surface area contributed by atoms with Gasteiger partial charge >= 0.3 is 7.54 Å². The van der Waals surface area contributed by atoms with Gasteiger partial charge in [-0.15, -0.1) is 0 Å². The van der Waals surface area contributed by atoms with Crippen molar-refractivity contribution in [3.05, 3.63) is 33.9 Å². The lowest BCUT2D eigenvalue weighted by Gasteiger charge is -2.30. The maximum atomic E-state index is 9.67. The number of halogens is 3. The van der Waals surface area contributed by atoms with Gasteiger partial charge in [0.05, 0.1) is 0 Å². The van der Waals surface area contributed by atoms with Crippen LogP contribution in [0.15, 0.2) is 11.6 Å². The first-order valence-corrected chi connectivity index (χ1v) is 10.4. The molecule has 0 heterocycles. The molecule has 5 heteroatoms. The molecule has 0 nitrogen and oxygen atoms in total. The van der Waals surface area contributed by atoms with Crippen LogP contribution >= 0.6 is 7.92 Å². The molecule has 1 aliphatic carbocycles. The van der Waals surface area contributed by atoms with E-state index in [0.717, 1.165) is 11.3 Å². The molecule has 0 saturated heterocycles. The number of aryl methyl sites for hydroxylation is 1. The van der Waals surface area contributed by atoms with E-state index in [-0.39, 0.29) is 7.92 Å². The van der Waals surface area contributed by atoms with E-state index >= 15 is 0 Å². The Morgan fingerprint density at radius 3 is 1.80 bits per heavy atom. The Kier molecular flexibility index (Phi) is 7.81. The van der Waals surface area contributed by atoms with Gasteiger partial charge in [0.1, 0.15) is 0 Å². The summed E-state index contributed by atoms with van der Waals surface area (Å²) < 4.78 is 29.0. The van der Waals surface area contributed by atoms with Crippen molar-refractivity contribution in [2.24, 2.45) is 0 Å². The minimum atomic E-state index is -3.67. The Bertz CT molecular complexity index is 640. The summed E-state index contributed by atoms with van der Waals surface area (Å²) in [5, 5.41) is 1.65. The zero-order valence-corrected chi connectivity index (χ0v) is 17.9. The van der Waals surface area contributed by atoms with Crippen LogP contribution in [0.25, 0.3) is 5.57 Å². The van der Waals surface area contributed by atoms with Gasteiger partial charge in [0.2, 0.25) is 0 Å². The maximum absolute atomic E-state index is 9.67. The molecule has 140 valence electrons. The number of benzene rings is 1. The number of hydrogen-bond donors (Lipinski definition) is 0. The van der Waals surface area contributed by atoms with Gasteiger partial charge in [-0.3, -0.25) is 12.9 Å². The average molecular weight is 370 g/mol. The third-order valence-electron chi connectivity index (χ3n) is 5.25. The normalized spacial score (nSPS) is 16.5. The summed E-state index contributed by atoms with van der Waals surface area (Å²) in [4.78, 5) is 0. The van der Waals surface area contributed by atoms with Crippen molar-refractivity contribution >= 4 is 26.3 Å². The fraction of sp³-hybridized carbons (Fsp3) is 0.600. The molecule has 1 aliphatic rings. The van der Waals surface area contributed by atoms with E-state index in [0.29, 0.717) is 5.92 Å². The Morgan fingerprint density at radius 1 is 0.960 bits per heavy atom. The fourth-order valence-electron chi connectivity index (χ4n) is 4.12. The highest BCUT2D eigenvalue weighted by atomic mass is 31.1. The number of rotatable bonds is 3. The summed E-state index contributed by atoms with van der Waals surface area (Å²) in [6, 6.07) is 2.52. The lowest BCUT2D eigenvalue weighted by atomic mass is 9.92. The molecule has 0 amide bonds. The van der Waals surface area contributed by atoms with E-state index in [4.69, 9.17) is 0 Å². The summed E-state index contributed by atoms with van der Waals surface area (Å²) in [5.74, 6) is 0.595. The first-order chi connectivity index (χ1) is 11.4. The van der Waals surface area contributed by atoms with E-state index in [9.17, 15) is 12.9 Å². The highest BCUT2D eigenvalue weighted by Crippen LogP contribution is 2.50. The zero-order valence-electron chi connectivity index (χ0n) is 17.0. The molecule has 0 aromatic heterocycles. The van der Waals surface area contributed by atoms with Crippen molar-refractivity contribution in [3.8, 4) is 0 Å². The van der Waals surface area contributed by atoms with Gasteiger partial charge in [-0.2, -0.15) is 0 Å². The third kappa shape index (κ3) is 4.70. The van der Waals surface area contributed by atoms with Gasteiger partial charge in [-0.25, -0.2) is 0 Å². The van der Waals surface area contributed by atoms with Crippen LogP contribution in [0, 0.1) is 13.8 Å². The lowest BCUT2D eigenvalue weighted by Crippen LogP contribution is -2.20. The minimum Gasteiger partial charge on any atom is -0.254 e. The molecular weight excluding hydrogens is 339 g/mol. The molecule has 0 fully saturated rings. The topological polar surface area (TPSA) is 0 Å². The maximum Gasteiger partial charge on any atom is 0.762 e. The molecule has 2 rings (SSSR count). The minimum absolute atomic E-state index is 0.0875. The smallest absolute Gasteiger partial charge is 0.254 e. The fourth-order valence-corrected chi connectivity index (χ4v) is 7.27. The molecule has 0 aliphatic heterocycles. The van der Waals surface area contributed by atoms with Crippen LogP contribution < -0.4 is 5.30 Å². The number of allylic oxidation sites excluding steroid dienone is 2. The molecule has 0 saturated carbocycles. The Labute approximate surface area is 153 Å². The Balaban J connectivity index is 0.000000705. The summed E-state index contributed by atoms with van der Waals surface area (Å²) in [6.45, 7) is 21.3. The Morgan fingerprint density at radius 2 is 1.40 bits per heavy atom.